The Morgan fingerprint density at radius 2 is 2.22 bits per heavy atom. The molecule has 0 bridgehead atoms. The number of rotatable bonds is 3. The molecule has 1 aromatic carbocycles. The molecule has 2 heterocycles. The van der Waals surface area contributed by atoms with Crippen LogP contribution in [0.4, 0.5) is 4.39 Å². The molecule has 0 spiro atoms. The van der Waals surface area contributed by atoms with Gasteiger partial charge in [-0.05, 0) is 30.5 Å². The highest BCUT2D eigenvalue weighted by atomic mass is 19.1. The molecule has 3 rings (SSSR count). The molecule has 0 N–H and O–H groups in total. The summed E-state index contributed by atoms with van der Waals surface area (Å²) in [6.45, 7) is 0.403. The van der Waals surface area contributed by atoms with E-state index in [-0.39, 0.29) is 6.54 Å². The maximum atomic E-state index is 13.9. The van der Waals surface area contributed by atoms with E-state index in [4.69, 9.17) is 10.00 Å². The topological polar surface area (TPSA) is 77.0 Å². The fraction of sp³-hybridized carbons (Fsp3) is 0.312. The largest absolute Gasteiger partial charge is 0.358 e. The normalized spacial score (nSPS) is 17.1. The minimum Gasteiger partial charge on any atom is -0.358 e. The minimum absolute atomic E-state index is 0.0995. The zero-order valence-corrected chi connectivity index (χ0v) is 12.2. The molecule has 1 fully saturated rings. The second-order valence-electron chi connectivity index (χ2n) is 5.34. The van der Waals surface area contributed by atoms with Crippen molar-refractivity contribution in [3.05, 3.63) is 68.2 Å². The summed E-state index contributed by atoms with van der Waals surface area (Å²) in [5, 5.41) is 8.91. The third kappa shape index (κ3) is 2.94. The lowest BCUT2D eigenvalue weighted by Crippen LogP contribution is -2.42. The van der Waals surface area contributed by atoms with Gasteiger partial charge < -0.3 is 4.74 Å². The molecule has 1 aromatic heterocycles. The first kappa shape index (κ1) is 15.2. The molecule has 0 amide bonds. The molecule has 1 unspecified atom stereocenters. The SMILES string of the molecule is N#Cc1cccc(Cn2c(=O)c(F)cn(C3CCCO3)c2=O)c1. The fourth-order valence-electron chi connectivity index (χ4n) is 2.64. The summed E-state index contributed by atoms with van der Waals surface area (Å²) in [7, 11) is 0. The van der Waals surface area contributed by atoms with Crippen molar-refractivity contribution in [1.29, 1.82) is 5.26 Å². The number of halogens is 1. The number of benzene rings is 1. The lowest BCUT2D eigenvalue weighted by Gasteiger charge is -2.15. The van der Waals surface area contributed by atoms with Gasteiger partial charge in [0, 0.05) is 6.61 Å². The van der Waals surface area contributed by atoms with E-state index in [1.54, 1.807) is 24.3 Å². The van der Waals surface area contributed by atoms with Crippen molar-refractivity contribution < 1.29 is 9.13 Å². The van der Waals surface area contributed by atoms with Crippen LogP contribution in [0.5, 0.6) is 0 Å². The number of nitrogens with zero attached hydrogens (tertiary/aromatic N) is 3. The van der Waals surface area contributed by atoms with Gasteiger partial charge in [-0.2, -0.15) is 9.65 Å². The molecule has 7 heteroatoms. The van der Waals surface area contributed by atoms with Crippen LogP contribution in [0, 0.1) is 17.1 Å². The van der Waals surface area contributed by atoms with Gasteiger partial charge in [-0.1, -0.05) is 12.1 Å². The Hall–Kier alpha value is -2.72. The standard InChI is InChI=1S/C16H14FN3O3/c17-13-10-19(14-5-2-6-23-14)16(22)20(15(13)21)9-12-4-1-3-11(7-12)8-18/h1,3-4,7,10,14H,2,5-6,9H2. The first-order chi connectivity index (χ1) is 11.1. The van der Waals surface area contributed by atoms with Crippen LogP contribution >= 0.6 is 0 Å². The third-order valence-corrected chi connectivity index (χ3v) is 3.77. The number of nitriles is 1. The van der Waals surface area contributed by atoms with Crippen LogP contribution in [0.15, 0.2) is 40.1 Å². The zero-order chi connectivity index (χ0) is 16.4. The zero-order valence-electron chi connectivity index (χ0n) is 12.2. The van der Waals surface area contributed by atoms with E-state index in [2.05, 4.69) is 0 Å². The van der Waals surface area contributed by atoms with Crippen molar-refractivity contribution in [2.24, 2.45) is 0 Å². The monoisotopic (exact) mass is 315 g/mol. The lowest BCUT2D eigenvalue weighted by molar-refractivity contribution is 0.0504. The number of hydrogen-bond donors (Lipinski definition) is 0. The van der Waals surface area contributed by atoms with Crippen LogP contribution in [0.25, 0.3) is 0 Å². The van der Waals surface area contributed by atoms with E-state index >= 15 is 0 Å². The Bertz CT molecular complexity index is 889. The Morgan fingerprint density at radius 3 is 2.91 bits per heavy atom. The molecular weight excluding hydrogens is 301 g/mol. The highest BCUT2D eigenvalue weighted by molar-refractivity contribution is 5.32. The summed E-state index contributed by atoms with van der Waals surface area (Å²) in [5.74, 6) is -1.00. The van der Waals surface area contributed by atoms with Crippen LogP contribution < -0.4 is 11.2 Å². The molecule has 2 aromatic rings. The average Bonchev–Trinajstić information content (AvgIpc) is 3.09. The van der Waals surface area contributed by atoms with Gasteiger partial charge in [0.1, 0.15) is 6.23 Å². The van der Waals surface area contributed by atoms with Gasteiger partial charge in [0.25, 0.3) is 5.56 Å². The first-order valence-electron chi connectivity index (χ1n) is 7.22. The van der Waals surface area contributed by atoms with Crippen molar-refractivity contribution >= 4 is 0 Å². The first-order valence-corrected chi connectivity index (χ1v) is 7.22. The van der Waals surface area contributed by atoms with Crippen LogP contribution in [0.2, 0.25) is 0 Å². The fourth-order valence-corrected chi connectivity index (χ4v) is 2.64. The summed E-state index contributed by atoms with van der Waals surface area (Å²) in [5.41, 5.74) is -0.614. The van der Waals surface area contributed by atoms with E-state index in [0.717, 1.165) is 21.8 Å². The number of ether oxygens (including phenoxy) is 1. The molecule has 118 valence electrons. The van der Waals surface area contributed by atoms with E-state index in [1.165, 1.54) is 0 Å². The summed E-state index contributed by atoms with van der Waals surface area (Å²) < 4.78 is 21.3. The molecule has 0 saturated carbocycles. The second kappa shape index (κ2) is 6.18. The summed E-state index contributed by atoms with van der Waals surface area (Å²) >= 11 is 0. The van der Waals surface area contributed by atoms with E-state index in [1.807, 2.05) is 6.07 Å². The maximum absolute atomic E-state index is 13.9. The quantitative estimate of drug-likeness (QED) is 0.857. The van der Waals surface area contributed by atoms with E-state index < -0.39 is 23.3 Å². The van der Waals surface area contributed by atoms with Crippen LogP contribution in [0.1, 0.15) is 30.2 Å². The smallest absolute Gasteiger partial charge is 0.333 e. The second-order valence-corrected chi connectivity index (χ2v) is 5.34. The average molecular weight is 315 g/mol. The Labute approximate surface area is 131 Å². The van der Waals surface area contributed by atoms with Gasteiger partial charge in [-0.15, -0.1) is 0 Å². The lowest BCUT2D eigenvalue weighted by atomic mass is 10.1. The molecule has 0 radical (unpaired) electrons. The van der Waals surface area contributed by atoms with Crippen molar-refractivity contribution in [3.8, 4) is 6.07 Å². The van der Waals surface area contributed by atoms with Gasteiger partial charge in [-0.3, -0.25) is 13.9 Å². The Balaban J connectivity index is 2.06. The maximum Gasteiger partial charge on any atom is 0.333 e. The van der Waals surface area contributed by atoms with Crippen molar-refractivity contribution in [2.75, 3.05) is 6.61 Å². The minimum atomic E-state index is -1.00. The molecule has 0 aliphatic carbocycles. The number of hydrogen-bond acceptors (Lipinski definition) is 4. The predicted molar refractivity (Wildman–Crippen MR) is 79.4 cm³/mol. The van der Waals surface area contributed by atoms with Crippen molar-refractivity contribution in [3.63, 3.8) is 0 Å². The van der Waals surface area contributed by atoms with Gasteiger partial charge in [0.05, 0.1) is 24.4 Å². The summed E-state index contributed by atoms with van der Waals surface area (Å²) in [6.07, 6.45) is 1.74. The van der Waals surface area contributed by atoms with Gasteiger partial charge >= 0.3 is 5.69 Å². The van der Waals surface area contributed by atoms with E-state index in [9.17, 15) is 14.0 Å². The Morgan fingerprint density at radius 1 is 1.39 bits per heavy atom. The van der Waals surface area contributed by atoms with Crippen LogP contribution in [-0.2, 0) is 11.3 Å². The highest BCUT2D eigenvalue weighted by Gasteiger charge is 2.22. The molecule has 1 atom stereocenters. The Kier molecular flexibility index (Phi) is 4.08. The molecule has 23 heavy (non-hydrogen) atoms. The summed E-state index contributed by atoms with van der Waals surface area (Å²) in [6, 6.07) is 8.49. The van der Waals surface area contributed by atoms with Gasteiger partial charge in [0.15, 0.2) is 0 Å². The molecular formula is C16H14FN3O3. The van der Waals surface area contributed by atoms with Gasteiger partial charge in [-0.25, -0.2) is 4.79 Å². The van der Waals surface area contributed by atoms with Crippen molar-refractivity contribution in [2.45, 2.75) is 25.6 Å². The molecule has 1 aliphatic rings. The van der Waals surface area contributed by atoms with Crippen molar-refractivity contribution in [1.82, 2.24) is 9.13 Å². The van der Waals surface area contributed by atoms with Crippen LogP contribution in [0.3, 0.4) is 0 Å². The number of aromatic nitrogens is 2. The molecule has 1 saturated heterocycles. The molecule has 1 aliphatic heterocycles. The van der Waals surface area contributed by atoms with E-state index in [0.29, 0.717) is 24.2 Å². The third-order valence-electron chi connectivity index (χ3n) is 3.77. The summed E-state index contributed by atoms with van der Waals surface area (Å²) in [4.78, 5) is 24.5. The highest BCUT2D eigenvalue weighted by Crippen LogP contribution is 2.20. The van der Waals surface area contributed by atoms with Crippen LogP contribution in [-0.4, -0.2) is 15.7 Å². The molecule has 6 nitrogen and oxygen atoms in total. The predicted octanol–water partition coefficient (Wildman–Crippen LogP) is 1.38. The van der Waals surface area contributed by atoms with Gasteiger partial charge in [0.2, 0.25) is 5.82 Å².